The highest BCUT2D eigenvalue weighted by Crippen LogP contribution is 2.35. The fourth-order valence-electron chi connectivity index (χ4n) is 6.35. The van der Waals surface area contributed by atoms with Crippen LogP contribution in [0.15, 0.2) is 85.3 Å². The van der Waals surface area contributed by atoms with Crippen molar-refractivity contribution in [1.29, 1.82) is 0 Å². The third-order valence-corrected chi connectivity index (χ3v) is 9.23. The van der Waals surface area contributed by atoms with Crippen molar-refractivity contribution in [3.05, 3.63) is 108 Å². The Kier molecular flexibility index (Phi) is 10.7. The van der Waals surface area contributed by atoms with Crippen molar-refractivity contribution < 1.29 is 28.1 Å². The molecule has 4 aromatic carbocycles. The van der Waals surface area contributed by atoms with Crippen molar-refractivity contribution in [1.82, 2.24) is 19.9 Å². The molecule has 7 rings (SSSR count). The van der Waals surface area contributed by atoms with E-state index in [2.05, 4.69) is 35.8 Å². The molecule has 272 valence electrons. The quantitative estimate of drug-likeness (QED) is 0.115. The highest BCUT2D eigenvalue weighted by molar-refractivity contribution is 6.16. The Morgan fingerprint density at radius 1 is 0.887 bits per heavy atom. The van der Waals surface area contributed by atoms with E-state index in [0.29, 0.717) is 83.6 Å². The first-order valence-electron chi connectivity index (χ1n) is 17.3. The average Bonchev–Trinajstić information content (AvgIpc) is 3.19. The van der Waals surface area contributed by atoms with Crippen molar-refractivity contribution >= 4 is 50.6 Å². The number of aryl methyl sites for hydroxylation is 1. The standard InChI is InChI=1S/C40H40FN7O5/c1-25-10-13-29-28(14-15-42-39(29)46-32-8-5-9-33(35(32)41)53-21-18-48-16-19-52-20-17-48)36(25)47-40(49)31-7-4-6-30-37(31)44-24-45-38(30)43-23-26-11-12-27(50-2)22-34(26)51-3/h4-15,22,24H,16-21,23H2,1-3H3,(H,42,46)(H,47,49)(H,43,44,45). The lowest BCUT2D eigenvalue weighted by atomic mass is 10.0. The fraction of sp³-hybridized carbons (Fsp3) is 0.250. The molecule has 53 heavy (non-hydrogen) atoms. The van der Waals surface area contributed by atoms with Gasteiger partial charge in [-0.2, -0.15) is 0 Å². The van der Waals surface area contributed by atoms with Crippen LogP contribution in [0.3, 0.4) is 0 Å². The number of ether oxygens (including phenoxy) is 4. The molecular formula is C40H40FN7O5. The van der Waals surface area contributed by atoms with Crippen LogP contribution in [0.25, 0.3) is 21.7 Å². The molecule has 0 unspecified atom stereocenters. The molecule has 1 aliphatic rings. The monoisotopic (exact) mass is 717 g/mol. The molecule has 0 saturated carbocycles. The Morgan fingerprint density at radius 2 is 1.74 bits per heavy atom. The van der Waals surface area contributed by atoms with Crippen LogP contribution in [0.4, 0.5) is 27.4 Å². The highest BCUT2D eigenvalue weighted by atomic mass is 19.1. The topological polar surface area (TPSA) is 132 Å². The second-order valence-corrected chi connectivity index (χ2v) is 12.5. The first kappa shape index (κ1) is 35.4. The summed E-state index contributed by atoms with van der Waals surface area (Å²) in [6.07, 6.45) is 3.06. The number of fused-ring (bicyclic) bond motifs is 2. The van der Waals surface area contributed by atoms with Gasteiger partial charge < -0.3 is 34.9 Å². The smallest absolute Gasteiger partial charge is 0.257 e. The van der Waals surface area contributed by atoms with E-state index >= 15 is 4.39 Å². The maximum atomic E-state index is 15.6. The molecule has 3 heterocycles. The number of nitrogens with zero attached hydrogens (tertiary/aromatic N) is 4. The second kappa shape index (κ2) is 16.1. The van der Waals surface area contributed by atoms with Crippen LogP contribution in [-0.2, 0) is 11.3 Å². The third-order valence-electron chi connectivity index (χ3n) is 9.23. The first-order valence-corrected chi connectivity index (χ1v) is 17.3. The minimum Gasteiger partial charge on any atom is -0.497 e. The van der Waals surface area contributed by atoms with Gasteiger partial charge in [-0.25, -0.2) is 19.3 Å². The Bertz CT molecular complexity index is 2260. The molecule has 1 fully saturated rings. The highest BCUT2D eigenvalue weighted by Gasteiger charge is 2.19. The molecule has 1 amide bonds. The van der Waals surface area contributed by atoms with Crippen LogP contribution >= 0.6 is 0 Å². The van der Waals surface area contributed by atoms with Gasteiger partial charge in [0, 0.05) is 60.2 Å². The fourth-order valence-corrected chi connectivity index (χ4v) is 6.35. The first-order chi connectivity index (χ1) is 25.9. The molecule has 0 spiro atoms. The predicted octanol–water partition coefficient (Wildman–Crippen LogP) is 6.96. The van der Waals surface area contributed by atoms with Crippen LogP contribution in [0.1, 0.15) is 21.5 Å². The molecule has 0 radical (unpaired) electrons. The van der Waals surface area contributed by atoms with E-state index in [1.807, 2.05) is 49.4 Å². The zero-order valence-electron chi connectivity index (χ0n) is 29.7. The van der Waals surface area contributed by atoms with Crippen LogP contribution in [0.2, 0.25) is 0 Å². The molecule has 12 nitrogen and oxygen atoms in total. The Morgan fingerprint density at radius 3 is 2.57 bits per heavy atom. The molecule has 13 heteroatoms. The zero-order valence-corrected chi connectivity index (χ0v) is 29.7. The number of aromatic nitrogens is 3. The molecule has 0 atom stereocenters. The van der Waals surface area contributed by atoms with E-state index in [1.165, 1.54) is 6.33 Å². The van der Waals surface area contributed by atoms with E-state index in [9.17, 15) is 4.79 Å². The van der Waals surface area contributed by atoms with Gasteiger partial charge in [-0.05, 0) is 55.0 Å². The summed E-state index contributed by atoms with van der Waals surface area (Å²) in [7, 11) is 3.22. The van der Waals surface area contributed by atoms with Crippen molar-refractivity contribution in [2.24, 2.45) is 0 Å². The SMILES string of the molecule is COc1ccc(CNc2ncnc3c(C(=O)Nc4c(C)ccc5c(Nc6cccc(OCCN7CCOCC7)c6F)nccc45)cccc23)c(OC)c1. The van der Waals surface area contributed by atoms with Gasteiger partial charge >= 0.3 is 0 Å². The number of rotatable bonds is 13. The van der Waals surface area contributed by atoms with E-state index in [4.69, 9.17) is 18.9 Å². The Hall–Kier alpha value is -6.05. The molecule has 1 saturated heterocycles. The largest absolute Gasteiger partial charge is 0.497 e. The number of hydrogen-bond acceptors (Lipinski definition) is 11. The van der Waals surface area contributed by atoms with E-state index in [1.54, 1.807) is 50.7 Å². The van der Waals surface area contributed by atoms with Gasteiger partial charge in [-0.3, -0.25) is 9.69 Å². The molecule has 0 bridgehead atoms. The molecule has 0 aliphatic carbocycles. The maximum absolute atomic E-state index is 15.6. The van der Waals surface area contributed by atoms with Gasteiger partial charge in [-0.1, -0.05) is 24.3 Å². The van der Waals surface area contributed by atoms with Crippen molar-refractivity contribution in [2.75, 3.05) is 69.6 Å². The minimum absolute atomic E-state index is 0.157. The summed E-state index contributed by atoms with van der Waals surface area (Å²) in [6, 6.07) is 21.6. The van der Waals surface area contributed by atoms with Crippen molar-refractivity contribution in [2.45, 2.75) is 13.5 Å². The van der Waals surface area contributed by atoms with Gasteiger partial charge in [0.25, 0.3) is 5.91 Å². The third kappa shape index (κ3) is 7.76. The van der Waals surface area contributed by atoms with Crippen molar-refractivity contribution in [3.8, 4) is 17.2 Å². The summed E-state index contributed by atoms with van der Waals surface area (Å²) < 4.78 is 37.7. The van der Waals surface area contributed by atoms with Crippen LogP contribution in [-0.4, -0.2) is 79.4 Å². The number of halogens is 1. The van der Waals surface area contributed by atoms with Crippen LogP contribution in [0, 0.1) is 12.7 Å². The lowest BCUT2D eigenvalue weighted by Crippen LogP contribution is -2.38. The molecule has 6 aromatic rings. The summed E-state index contributed by atoms with van der Waals surface area (Å²) in [4.78, 5) is 29.7. The van der Waals surface area contributed by atoms with Gasteiger partial charge in [0.2, 0.25) is 0 Å². The number of pyridine rings is 1. The summed E-state index contributed by atoms with van der Waals surface area (Å²) in [5.74, 6) is 1.69. The predicted molar refractivity (Wildman–Crippen MR) is 203 cm³/mol. The summed E-state index contributed by atoms with van der Waals surface area (Å²) in [6.45, 7) is 6.43. The number of benzene rings is 4. The number of para-hydroxylation sites is 1. The number of carbonyl (C=O) groups excluding carboxylic acids is 1. The number of anilines is 4. The number of nitrogens with one attached hydrogen (secondary N) is 3. The summed E-state index contributed by atoms with van der Waals surface area (Å²) in [5, 5.41) is 11.8. The second-order valence-electron chi connectivity index (χ2n) is 12.5. The molecule has 1 aliphatic heterocycles. The lowest BCUT2D eigenvalue weighted by molar-refractivity contribution is 0.0320. The van der Waals surface area contributed by atoms with Crippen LogP contribution in [0.5, 0.6) is 17.2 Å². The van der Waals surface area contributed by atoms with E-state index < -0.39 is 5.82 Å². The molecular weight excluding hydrogens is 677 g/mol. The average molecular weight is 718 g/mol. The van der Waals surface area contributed by atoms with E-state index in [-0.39, 0.29) is 17.3 Å². The number of morpholine rings is 1. The van der Waals surface area contributed by atoms with Gasteiger partial charge in [-0.15, -0.1) is 0 Å². The number of hydrogen-bond donors (Lipinski definition) is 3. The zero-order chi connectivity index (χ0) is 36.7. The van der Waals surface area contributed by atoms with Crippen molar-refractivity contribution in [3.63, 3.8) is 0 Å². The van der Waals surface area contributed by atoms with Crippen LogP contribution < -0.4 is 30.2 Å². The normalized spacial score (nSPS) is 13.1. The summed E-state index contributed by atoms with van der Waals surface area (Å²) in [5.41, 5.74) is 3.46. The lowest BCUT2D eigenvalue weighted by Gasteiger charge is -2.26. The van der Waals surface area contributed by atoms with Gasteiger partial charge in [0.05, 0.1) is 49.9 Å². The summed E-state index contributed by atoms with van der Waals surface area (Å²) >= 11 is 0. The Balaban J connectivity index is 1.10. The molecule has 2 aromatic heterocycles. The Labute approximate surface area is 306 Å². The minimum atomic E-state index is -0.510. The van der Waals surface area contributed by atoms with E-state index in [0.717, 1.165) is 29.6 Å². The molecule has 3 N–H and O–H groups in total. The van der Waals surface area contributed by atoms with Gasteiger partial charge in [0.15, 0.2) is 11.6 Å². The maximum Gasteiger partial charge on any atom is 0.257 e. The number of methoxy groups -OCH3 is 2. The number of carbonyl (C=O) groups is 1. The number of amides is 1. The van der Waals surface area contributed by atoms with Gasteiger partial charge in [0.1, 0.15) is 36.1 Å².